The minimum absolute atomic E-state index is 0.210. The van der Waals surface area contributed by atoms with Gasteiger partial charge in [-0.25, -0.2) is 4.68 Å². The third-order valence-electron chi connectivity index (χ3n) is 2.32. The highest BCUT2D eigenvalue weighted by molar-refractivity contribution is 7.87. The van der Waals surface area contributed by atoms with Crippen LogP contribution in [-0.2, 0) is 20.9 Å². The summed E-state index contributed by atoms with van der Waals surface area (Å²) in [5.74, 6) is 0. The fraction of sp³-hybridized carbons (Fsp3) is 0.182. The zero-order chi connectivity index (χ0) is 14.8. The van der Waals surface area contributed by atoms with E-state index in [1.165, 1.54) is 17.1 Å². The molecule has 20 heavy (non-hydrogen) atoms. The van der Waals surface area contributed by atoms with Gasteiger partial charge in [0.2, 0.25) is 0 Å². The Balaban J connectivity index is 2.08. The van der Waals surface area contributed by atoms with E-state index in [2.05, 4.69) is 9.28 Å². The number of para-hydroxylation sites is 1. The number of rotatable bonds is 4. The second-order valence-corrected chi connectivity index (χ2v) is 5.40. The first-order valence-corrected chi connectivity index (χ1v) is 6.75. The Bertz CT molecular complexity index is 680. The van der Waals surface area contributed by atoms with Crippen LogP contribution in [0, 0.1) is 0 Å². The molecule has 0 bridgehead atoms. The second kappa shape index (κ2) is 5.25. The SMILES string of the molecule is O=S(=O)(OCc1cnn(-c2ccccc2)c1)C(F)(F)F. The van der Waals surface area contributed by atoms with Crippen molar-refractivity contribution in [2.45, 2.75) is 12.1 Å². The average molecular weight is 306 g/mol. The van der Waals surface area contributed by atoms with Crippen LogP contribution in [0.5, 0.6) is 0 Å². The van der Waals surface area contributed by atoms with E-state index in [9.17, 15) is 21.6 Å². The van der Waals surface area contributed by atoms with Gasteiger partial charge >= 0.3 is 15.6 Å². The Morgan fingerprint density at radius 1 is 1.20 bits per heavy atom. The lowest BCUT2D eigenvalue weighted by molar-refractivity contribution is -0.0547. The summed E-state index contributed by atoms with van der Waals surface area (Å²) in [6.07, 6.45) is 2.63. The third kappa shape index (κ3) is 3.17. The molecule has 2 aromatic rings. The maximum Gasteiger partial charge on any atom is 0.523 e. The average Bonchev–Trinajstić information content (AvgIpc) is 2.85. The van der Waals surface area contributed by atoms with E-state index >= 15 is 0 Å². The molecule has 0 N–H and O–H groups in total. The van der Waals surface area contributed by atoms with Crippen molar-refractivity contribution in [1.82, 2.24) is 9.78 Å². The van der Waals surface area contributed by atoms with Gasteiger partial charge in [-0.1, -0.05) is 18.2 Å². The van der Waals surface area contributed by atoms with Gasteiger partial charge in [-0.15, -0.1) is 0 Å². The Hall–Kier alpha value is -1.87. The van der Waals surface area contributed by atoms with E-state index in [4.69, 9.17) is 0 Å². The number of aromatic nitrogens is 2. The van der Waals surface area contributed by atoms with E-state index in [0.29, 0.717) is 5.69 Å². The summed E-state index contributed by atoms with van der Waals surface area (Å²) in [4.78, 5) is 0. The van der Waals surface area contributed by atoms with Gasteiger partial charge in [0.05, 0.1) is 18.5 Å². The van der Waals surface area contributed by atoms with Gasteiger partial charge in [0, 0.05) is 11.8 Å². The number of hydrogen-bond acceptors (Lipinski definition) is 4. The predicted octanol–water partition coefficient (Wildman–Crippen LogP) is 2.24. The lowest BCUT2D eigenvalue weighted by Gasteiger charge is -2.06. The number of nitrogens with zero attached hydrogens (tertiary/aromatic N) is 2. The van der Waals surface area contributed by atoms with Gasteiger partial charge in [-0.05, 0) is 12.1 Å². The van der Waals surface area contributed by atoms with Gasteiger partial charge in [0.15, 0.2) is 0 Å². The lowest BCUT2D eigenvalue weighted by atomic mass is 10.3. The number of alkyl halides is 3. The minimum atomic E-state index is -5.59. The van der Waals surface area contributed by atoms with Crippen LogP contribution >= 0.6 is 0 Å². The Morgan fingerprint density at radius 2 is 1.85 bits per heavy atom. The van der Waals surface area contributed by atoms with Crippen LogP contribution < -0.4 is 0 Å². The summed E-state index contributed by atoms with van der Waals surface area (Å²) in [6, 6.07) is 8.81. The highest BCUT2D eigenvalue weighted by Gasteiger charge is 2.47. The minimum Gasteiger partial charge on any atom is -0.258 e. The molecule has 9 heteroatoms. The molecule has 5 nitrogen and oxygen atoms in total. The van der Waals surface area contributed by atoms with Crippen molar-refractivity contribution >= 4 is 10.1 Å². The Kier molecular flexibility index (Phi) is 3.82. The van der Waals surface area contributed by atoms with E-state index in [1.807, 2.05) is 0 Å². The van der Waals surface area contributed by atoms with Crippen molar-refractivity contribution in [2.75, 3.05) is 0 Å². The molecular weight excluding hydrogens is 297 g/mol. The number of halogens is 3. The van der Waals surface area contributed by atoms with Crippen molar-refractivity contribution in [2.24, 2.45) is 0 Å². The first-order valence-electron chi connectivity index (χ1n) is 5.34. The second-order valence-electron chi connectivity index (χ2n) is 3.79. The monoisotopic (exact) mass is 306 g/mol. The zero-order valence-electron chi connectivity index (χ0n) is 9.91. The Morgan fingerprint density at radius 3 is 2.45 bits per heavy atom. The highest BCUT2D eigenvalue weighted by Crippen LogP contribution is 2.25. The van der Waals surface area contributed by atoms with Crippen molar-refractivity contribution in [3.05, 3.63) is 48.3 Å². The summed E-state index contributed by atoms with van der Waals surface area (Å²) < 4.78 is 63.0. The zero-order valence-corrected chi connectivity index (χ0v) is 10.7. The summed E-state index contributed by atoms with van der Waals surface area (Å²) in [6.45, 7) is -0.728. The quantitative estimate of drug-likeness (QED) is 0.642. The largest absolute Gasteiger partial charge is 0.523 e. The van der Waals surface area contributed by atoms with Gasteiger partial charge < -0.3 is 0 Å². The molecule has 0 spiro atoms. The number of benzene rings is 1. The van der Waals surface area contributed by atoms with Crippen molar-refractivity contribution in [3.8, 4) is 5.69 Å². The maximum atomic E-state index is 12.1. The summed E-state index contributed by atoms with van der Waals surface area (Å²) in [5, 5.41) is 3.91. The molecular formula is C11H9F3N2O3S. The van der Waals surface area contributed by atoms with Gasteiger partial charge in [0.25, 0.3) is 0 Å². The van der Waals surface area contributed by atoms with E-state index in [0.717, 1.165) is 0 Å². The highest BCUT2D eigenvalue weighted by atomic mass is 32.2. The molecule has 1 heterocycles. The standard InChI is InChI=1S/C11H9F3N2O3S/c12-11(13,14)20(17,18)19-8-9-6-15-16(7-9)10-4-2-1-3-5-10/h1-7H,8H2. The van der Waals surface area contributed by atoms with Gasteiger partial charge in [-0.2, -0.15) is 26.7 Å². The van der Waals surface area contributed by atoms with Crippen molar-refractivity contribution in [1.29, 1.82) is 0 Å². The normalized spacial score (nSPS) is 12.6. The topological polar surface area (TPSA) is 61.2 Å². The molecule has 0 atom stereocenters. The molecule has 0 aliphatic carbocycles. The number of hydrogen-bond donors (Lipinski definition) is 0. The lowest BCUT2D eigenvalue weighted by Crippen LogP contribution is -2.25. The van der Waals surface area contributed by atoms with E-state index in [-0.39, 0.29) is 5.56 Å². The van der Waals surface area contributed by atoms with Crippen LogP contribution in [0.25, 0.3) is 5.69 Å². The fourth-order valence-electron chi connectivity index (χ4n) is 1.37. The smallest absolute Gasteiger partial charge is 0.258 e. The van der Waals surface area contributed by atoms with E-state index in [1.54, 1.807) is 30.3 Å². The fourth-order valence-corrected chi connectivity index (χ4v) is 1.79. The van der Waals surface area contributed by atoms with Crippen LogP contribution in [0.4, 0.5) is 13.2 Å². The third-order valence-corrected chi connectivity index (χ3v) is 3.32. The molecule has 108 valence electrons. The summed E-state index contributed by atoms with van der Waals surface area (Å²) >= 11 is 0. The van der Waals surface area contributed by atoms with Crippen LogP contribution in [-0.4, -0.2) is 23.7 Å². The summed E-state index contributed by atoms with van der Waals surface area (Å²) in [7, 11) is -5.59. The molecule has 0 aliphatic rings. The molecule has 0 amide bonds. The molecule has 1 aromatic carbocycles. The molecule has 0 saturated heterocycles. The predicted molar refractivity (Wildman–Crippen MR) is 63.3 cm³/mol. The van der Waals surface area contributed by atoms with Crippen LogP contribution in [0.1, 0.15) is 5.56 Å². The van der Waals surface area contributed by atoms with Gasteiger partial charge in [-0.3, -0.25) is 4.18 Å². The van der Waals surface area contributed by atoms with Crippen LogP contribution in [0.15, 0.2) is 42.7 Å². The van der Waals surface area contributed by atoms with E-state index < -0.39 is 22.2 Å². The van der Waals surface area contributed by atoms with Crippen LogP contribution in [0.3, 0.4) is 0 Å². The van der Waals surface area contributed by atoms with Crippen molar-refractivity contribution < 1.29 is 25.8 Å². The van der Waals surface area contributed by atoms with Gasteiger partial charge in [0.1, 0.15) is 0 Å². The Labute approximate surface area is 112 Å². The molecule has 0 fully saturated rings. The molecule has 0 radical (unpaired) electrons. The molecule has 0 saturated carbocycles. The first-order chi connectivity index (χ1) is 9.29. The maximum absolute atomic E-state index is 12.1. The molecule has 1 aromatic heterocycles. The molecule has 0 aliphatic heterocycles. The van der Waals surface area contributed by atoms with Crippen molar-refractivity contribution in [3.63, 3.8) is 0 Å². The first kappa shape index (κ1) is 14.5. The molecule has 2 rings (SSSR count). The molecule has 0 unspecified atom stereocenters. The van der Waals surface area contributed by atoms with Crippen LogP contribution in [0.2, 0.25) is 0 Å². The summed E-state index contributed by atoms with van der Waals surface area (Å²) in [5.41, 5.74) is -4.53.